The topological polar surface area (TPSA) is 76.1 Å². The van der Waals surface area contributed by atoms with Crippen molar-refractivity contribution in [3.63, 3.8) is 0 Å². The van der Waals surface area contributed by atoms with Crippen LogP contribution in [0.15, 0.2) is 57.3 Å². The monoisotopic (exact) mass is 464 g/mol. The molecule has 1 heterocycles. The maximum absolute atomic E-state index is 12.4. The molecule has 0 fully saturated rings. The smallest absolute Gasteiger partial charge is 0.237 e. The van der Waals surface area contributed by atoms with Crippen LogP contribution in [0.25, 0.3) is 0 Å². The first kappa shape index (κ1) is 19.7. The van der Waals surface area contributed by atoms with E-state index in [0.717, 1.165) is 25.9 Å². The molecule has 0 spiro atoms. The second kappa shape index (κ2) is 9.20. The predicted molar refractivity (Wildman–Crippen MR) is 114 cm³/mol. The largest absolute Gasteiger partial charge is 0.497 e. The number of carbonyl (C=O) groups excluding carboxylic acids is 1. The highest BCUT2D eigenvalue weighted by atomic mass is 79.9. The molecule has 1 atom stereocenters. The molecule has 1 unspecified atom stereocenters. The van der Waals surface area contributed by atoms with E-state index in [0.29, 0.717) is 5.13 Å². The molecule has 0 aliphatic rings. The standard InChI is InChI=1S/C18H17BrN4O2S2/c1-11(16(24)20-14-5-3-4-12(19)10-14)26-18-23-22-17(27-18)21-13-6-8-15(25-2)9-7-13/h3-11H,1-2H3,(H,20,24)(H,21,22). The van der Waals surface area contributed by atoms with Crippen molar-refractivity contribution in [3.8, 4) is 5.75 Å². The van der Waals surface area contributed by atoms with E-state index in [1.165, 1.54) is 23.1 Å². The highest BCUT2D eigenvalue weighted by Crippen LogP contribution is 2.31. The van der Waals surface area contributed by atoms with Crippen molar-refractivity contribution < 1.29 is 9.53 Å². The van der Waals surface area contributed by atoms with Gasteiger partial charge in [0, 0.05) is 15.8 Å². The molecule has 140 valence electrons. The van der Waals surface area contributed by atoms with Gasteiger partial charge >= 0.3 is 0 Å². The number of nitrogens with one attached hydrogen (secondary N) is 2. The van der Waals surface area contributed by atoms with E-state index in [9.17, 15) is 4.79 Å². The minimum absolute atomic E-state index is 0.0852. The number of hydrogen-bond donors (Lipinski definition) is 2. The van der Waals surface area contributed by atoms with Crippen molar-refractivity contribution in [3.05, 3.63) is 53.0 Å². The molecular formula is C18H17BrN4O2S2. The number of ether oxygens (including phenoxy) is 1. The average molecular weight is 465 g/mol. The van der Waals surface area contributed by atoms with E-state index >= 15 is 0 Å². The molecule has 0 aliphatic carbocycles. The SMILES string of the molecule is COc1ccc(Nc2nnc(SC(C)C(=O)Nc3cccc(Br)c3)s2)cc1. The lowest BCUT2D eigenvalue weighted by Gasteiger charge is -2.10. The Bertz CT molecular complexity index is 918. The van der Waals surface area contributed by atoms with Crippen molar-refractivity contribution in [1.29, 1.82) is 0 Å². The summed E-state index contributed by atoms with van der Waals surface area (Å²) in [5.41, 5.74) is 1.64. The second-order valence-electron chi connectivity index (χ2n) is 5.49. The van der Waals surface area contributed by atoms with Gasteiger partial charge in [-0.05, 0) is 49.4 Å². The molecule has 0 saturated heterocycles. The number of aromatic nitrogens is 2. The number of anilines is 3. The zero-order chi connectivity index (χ0) is 19.2. The molecule has 1 aromatic heterocycles. The summed E-state index contributed by atoms with van der Waals surface area (Å²) in [4.78, 5) is 12.4. The summed E-state index contributed by atoms with van der Waals surface area (Å²) in [6.07, 6.45) is 0. The summed E-state index contributed by atoms with van der Waals surface area (Å²) >= 11 is 6.17. The van der Waals surface area contributed by atoms with Gasteiger partial charge in [0.15, 0.2) is 4.34 Å². The van der Waals surface area contributed by atoms with Gasteiger partial charge in [0.25, 0.3) is 0 Å². The molecule has 1 amide bonds. The van der Waals surface area contributed by atoms with Gasteiger partial charge in [0.2, 0.25) is 11.0 Å². The van der Waals surface area contributed by atoms with Crippen molar-refractivity contribution >= 4 is 61.4 Å². The van der Waals surface area contributed by atoms with Gasteiger partial charge < -0.3 is 15.4 Å². The third-order valence-corrected chi connectivity index (χ3v) is 6.00. The number of benzene rings is 2. The molecule has 0 radical (unpaired) electrons. The normalized spacial score (nSPS) is 11.7. The summed E-state index contributed by atoms with van der Waals surface area (Å²) < 4.78 is 6.78. The third-order valence-electron chi connectivity index (χ3n) is 3.49. The summed E-state index contributed by atoms with van der Waals surface area (Å²) in [5.74, 6) is 0.706. The van der Waals surface area contributed by atoms with Crippen LogP contribution in [-0.4, -0.2) is 28.5 Å². The van der Waals surface area contributed by atoms with Gasteiger partial charge in [0.05, 0.1) is 12.4 Å². The Morgan fingerprint density at radius 1 is 1.19 bits per heavy atom. The number of thioether (sulfide) groups is 1. The number of amides is 1. The van der Waals surface area contributed by atoms with Crippen molar-refractivity contribution in [2.24, 2.45) is 0 Å². The minimum atomic E-state index is -0.300. The van der Waals surface area contributed by atoms with Crippen LogP contribution < -0.4 is 15.4 Å². The van der Waals surface area contributed by atoms with Gasteiger partial charge in [-0.3, -0.25) is 4.79 Å². The molecule has 3 aromatic rings. The van der Waals surface area contributed by atoms with Crippen LogP contribution in [-0.2, 0) is 4.79 Å². The van der Waals surface area contributed by atoms with E-state index in [1.54, 1.807) is 7.11 Å². The van der Waals surface area contributed by atoms with Crippen LogP contribution in [0.1, 0.15) is 6.92 Å². The Kier molecular flexibility index (Phi) is 6.70. The van der Waals surface area contributed by atoms with Crippen LogP contribution in [0.4, 0.5) is 16.5 Å². The lowest BCUT2D eigenvalue weighted by Crippen LogP contribution is -2.22. The van der Waals surface area contributed by atoms with E-state index < -0.39 is 0 Å². The van der Waals surface area contributed by atoms with Crippen LogP contribution in [0.5, 0.6) is 5.75 Å². The summed E-state index contributed by atoms with van der Waals surface area (Å²) in [6, 6.07) is 15.0. The van der Waals surface area contributed by atoms with E-state index in [4.69, 9.17) is 4.74 Å². The van der Waals surface area contributed by atoms with Gasteiger partial charge in [-0.2, -0.15) is 0 Å². The van der Waals surface area contributed by atoms with Crippen molar-refractivity contribution in [2.45, 2.75) is 16.5 Å². The molecule has 0 saturated carbocycles. The van der Waals surface area contributed by atoms with Gasteiger partial charge in [-0.25, -0.2) is 0 Å². The number of carbonyl (C=O) groups is 1. The molecule has 0 bridgehead atoms. The number of halogens is 1. The average Bonchev–Trinajstić information content (AvgIpc) is 3.09. The van der Waals surface area contributed by atoms with Crippen LogP contribution >= 0.6 is 39.0 Å². The number of rotatable bonds is 7. The summed E-state index contributed by atoms with van der Waals surface area (Å²) in [7, 11) is 1.63. The van der Waals surface area contributed by atoms with Crippen molar-refractivity contribution in [2.75, 3.05) is 17.7 Å². The van der Waals surface area contributed by atoms with Crippen LogP contribution in [0, 0.1) is 0 Å². The summed E-state index contributed by atoms with van der Waals surface area (Å²) in [5, 5.41) is 14.7. The third kappa shape index (κ3) is 5.69. The number of nitrogens with zero attached hydrogens (tertiary/aromatic N) is 2. The highest BCUT2D eigenvalue weighted by Gasteiger charge is 2.17. The molecular weight excluding hydrogens is 448 g/mol. The van der Waals surface area contributed by atoms with Gasteiger partial charge in [0.1, 0.15) is 5.75 Å². The molecule has 9 heteroatoms. The maximum atomic E-state index is 12.4. The molecule has 6 nitrogen and oxygen atoms in total. The molecule has 27 heavy (non-hydrogen) atoms. The molecule has 3 rings (SSSR count). The fourth-order valence-corrected chi connectivity index (χ4v) is 4.44. The summed E-state index contributed by atoms with van der Waals surface area (Å²) in [6.45, 7) is 1.84. The lowest BCUT2D eigenvalue weighted by atomic mass is 10.3. The first-order valence-electron chi connectivity index (χ1n) is 8.01. The Labute approximate surface area is 173 Å². The Balaban J connectivity index is 1.56. The van der Waals surface area contributed by atoms with Crippen molar-refractivity contribution in [1.82, 2.24) is 10.2 Å². The van der Waals surface area contributed by atoms with E-state index in [2.05, 4.69) is 36.8 Å². The zero-order valence-corrected chi connectivity index (χ0v) is 17.8. The number of methoxy groups -OCH3 is 1. The lowest BCUT2D eigenvalue weighted by molar-refractivity contribution is -0.115. The predicted octanol–water partition coefficient (Wildman–Crippen LogP) is 5.17. The van der Waals surface area contributed by atoms with Gasteiger partial charge in [-0.15, -0.1) is 10.2 Å². The number of hydrogen-bond acceptors (Lipinski definition) is 7. The quantitative estimate of drug-likeness (QED) is 0.469. The molecule has 2 N–H and O–H groups in total. The Morgan fingerprint density at radius 3 is 2.67 bits per heavy atom. The van der Waals surface area contributed by atoms with Gasteiger partial charge in [-0.1, -0.05) is 45.1 Å². The second-order valence-corrected chi connectivity index (χ2v) is 8.97. The molecule has 0 aliphatic heterocycles. The molecule has 2 aromatic carbocycles. The Morgan fingerprint density at radius 2 is 1.96 bits per heavy atom. The fourth-order valence-electron chi connectivity index (χ4n) is 2.12. The van der Waals surface area contributed by atoms with E-state index in [1.807, 2.05) is 55.5 Å². The fraction of sp³-hybridized carbons (Fsp3) is 0.167. The Hall–Kier alpha value is -2.10. The zero-order valence-electron chi connectivity index (χ0n) is 14.6. The minimum Gasteiger partial charge on any atom is -0.497 e. The van der Waals surface area contributed by atoms with E-state index in [-0.39, 0.29) is 11.2 Å². The van der Waals surface area contributed by atoms with Crippen LogP contribution in [0.2, 0.25) is 0 Å². The highest BCUT2D eigenvalue weighted by molar-refractivity contribution is 9.10. The first-order valence-corrected chi connectivity index (χ1v) is 10.5. The maximum Gasteiger partial charge on any atom is 0.237 e. The van der Waals surface area contributed by atoms with Crippen LogP contribution in [0.3, 0.4) is 0 Å². The first-order chi connectivity index (χ1) is 13.0.